The van der Waals surface area contributed by atoms with Crippen molar-refractivity contribution in [3.63, 3.8) is 0 Å². The van der Waals surface area contributed by atoms with Gasteiger partial charge in [0.2, 0.25) is 0 Å². The third-order valence-electron chi connectivity index (χ3n) is 4.87. The largest absolute Gasteiger partial charge is 0.497 e. The molecular weight excluding hydrogens is 366 g/mol. The van der Waals surface area contributed by atoms with Gasteiger partial charge in [0.1, 0.15) is 5.75 Å². The van der Waals surface area contributed by atoms with Gasteiger partial charge in [0.15, 0.2) is 5.82 Å². The van der Waals surface area contributed by atoms with Gasteiger partial charge in [-0.1, -0.05) is 12.1 Å². The number of hydrogen-bond donors (Lipinski definition) is 2. The van der Waals surface area contributed by atoms with Crippen LogP contribution in [-0.4, -0.2) is 36.4 Å². The molecule has 1 fully saturated rings. The monoisotopic (exact) mass is 389 g/mol. The summed E-state index contributed by atoms with van der Waals surface area (Å²) >= 11 is 0. The summed E-state index contributed by atoms with van der Waals surface area (Å²) in [4.78, 5) is 14.4. The van der Waals surface area contributed by atoms with Crippen LogP contribution in [0.2, 0.25) is 0 Å². The van der Waals surface area contributed by atoms with Gasteiger partial charge in [0, 0.05) is 30.0 Å². The Morgan fingerprint density at radius 1 is 0.862 bits per heavy atom. The lowest BCUT2D eigenvalue weighted by molar-refractivity contribution is 0.262. The Hall–Kier alpha value is -3.61. The number of carbonyl (C=O) groups excluding carboxylic acids is 1. The number of nitrogens with one attached hydrogen (secondary N) is 2. The van der Waals surface area contributed by atoms with Crippen molar-refractivity contribution in [3.8, 4) is 17.0 Å². The van der Waals surface area contributed by atoms with E-state index < -0.39 is 0 Å². The van der Waals surface area contributed by atoms with Crippen LogP contribution in [0.4, 0.5) is 22.0 Å². The summed E-state index contributed by atoms with van der Waals surface area (Å²) in [5, 5.41) is 14.3. The van der Waals surface area contributed by atoms with Crippen LogP contribution in [-0.2, 0) is 0 Å². The lowest BCUT2D eigenvalue weighted by Crippen LogP contribution is -2.19. The molecule has 148 valence electrons. The second kappa shape index (κ2) is 8.60. The lowest BCUT2D eigenvalue weighted by atomic mass is 10.1. The molecule has 4 rings (SSSR count). The summed E-state index contributed by atoms with van der Waals surface area (Å²) in [6, 6.07) is 18.4. The molecule has 1 aliphatic heterocycles. The molecule has 0 saturated carbocycles. The van der Waals surface area contributed by atoms with Crippen molar-refractivity contribution in [2.45, 2.75) is 12.8 Å². The van der Waals surface area contributed by atoms with Gasteiger partial charge in [-0.15, -0.1) is 10.2 Å². The third kappa shape index (κ3) is 4.63. The van der Waals surface area contributed by atoms with Gasteiger partial charge >= 0.3 is 6.03 Å². The van der Waals surface area contributed by atoms with Crippen LogP contribution in [0.1, 0.15) is 12.8 Å². The average molecular weight is 389 g/mol. The minimum absolute atomic E-state index is 0.308. The summed E-state index contributed by atoms with van der Waals surface area (Å²) in [5.41, 5.74) is 3.14. The Balaban J connectivity index is 1.36. The highest BCUT2D eigenvalue weighted by Gasteiger charge is 2.14. The zero-order valence-corrected chi connectivity index (χ0v) is 16.3. The zero-order valence-electron chi connectivity index (χ0n) is 16.3. The van der Waals surface area contributed by atoms with Crippen LogP contribution in [0, 0.1) is 0 Å². The molecule has 7 heteroatoms. The van der Waals surface area contributed by atoms with Crippen LogP contribution in [0.3, 0.4) is 0 Å². The van der Waals surface area contributed by atoms with E-state index in [9.17, 15) is 4.79 Å². The van der Waals surface area contributed by atoms with Crippen molar-refractivity contribution in [2.75, 3.05) is 35.7 Å². The number of benzene rings is 2. The summed E-state index contributed by atoms with van der Waals surface area (Å²) < 4.78 is 5.11. The first-order valence-corrected chi connectivity index (χ1v) is 9.62. The van der Waals surface area contributed by atoms with E-state index in [0.717, 1.165) is 35.9 Å². The number of hydrogen-bond acceptors (Lipinski definition) is 5. The molecule has 0 unspecified atom stereocenters. The van der Waals surface area contributed by atoms with Gasteiger partial charge in [-0.25, -0.2) is 4.79 Å². The second-order valence-electron chi connectivity index (χ2n) is 6.86. The highest BCUT2D eigenvalue weighted by atomic mass is 16.5. The van der Waals surface area contributed by atoms with Crippen LogP contribution in [0.5, 0.6) is 5.75 Å². The smallest absolute Gasteiger partial charge is 0.323 e. The van der Waals surface area contributed by atoms with Crippen LogP contribution in [0.15, 0.2) is 60.7 Å². The van der Waals surface area contributed by atoms with E-state index in [-0.39, 0.29) is 6.03 Å². The fourth-order valence-electron chi connectivity index (χ4n) is 3.29. The van der Waals surface area contributed by atoms with Crippen molar-refractivity contribution >= 4 is 23.2 Å². The average Bonchev–Trinajstić information content (AvgIpc) is 3.30. The van der Waals surface area contributed by atoms with E-state index in [4.69, 9.17) is 4.74 Å². The van der Waals surface area contributed by atoms with E-state index in [0.29, 0.717) is 11.4 Å². The summed E-state index contributed by atoms with van der Waals surface area (Å²) in [6.07, 6.45) is 2.42. The molecular formula is C22H23N5O2. The van der Waals surface area contributed by atoms with E-state index in [1.807, 2.05) is 36.4 Å². The number of ether oxygens (including phenoxy) is 1. The van der Waals surface area contributed by atoms with Crippen LogP contribution >= 0.6 is 0 Å². The van der Waals surface area contributed by atoms with Crippen molar-refractivity contribution in [1.82, 2.24) is 10.2 Å². The number of aromatic nitrogens is 2. The maximum absolute atomic E-state index is 12.2. The first-order valence-electron chi connectivity index (χ1n) is 9.62. The Kier molecular flexibility index (Phi) is 5.56. The molecule has 2 N–H and O–H groups in total. The summed E-state index contributed by atoms with van der Waals surface area (Å²) in [6.45, 7) is 2.10. The highest BCUT2D eigenvalue weighted by molar-refractivity contribution is 5.99. The minimum atomic E-state index is -0.308. The number of methoxy groups -OCH3 is 1. The number of rotatable bonds is 5. The Morgan fingerprint density at radius 3 is 2.03 bits per heavy atom. The predicted octanol–water partition coefficient (Wildman–Crippen LogP) is 4.40. The number of anilines is 3. The quantitative estimate of drug-likeness (QED) is 0.676. The second-order valence-corrected chi connectivity index (χ2v) is 6.86. The molecule has 0 radical (unpaired) electrons. The molecule has 0 spiro atoms. The first-order chi connectivity index (χ1) is 14.2. The Bertz CT molecular complexity index is 950. The van der Waals surface area contributed by atoms with Gasteiger partial charge in [-0.05, 0) is 61.4 Å². The van der Waals surface area contributed by atoms with E-state index in [1.165, 1.54) is 12.8 Å². The van der Waals surface area contributed by atoms with Crippen molar-refractivity contribution < 1.29 is 9.53 Å². The molecule has 1 aromatic heterocycles. The maximum Gasteiger partial charge on any atom is 0.323 e. The zero-order chi connectivity index (χ0) is 20.1. The van der Waals surface area contributed by atoms with Crippen molar-refractivity contribution in [2.24, 2.45) is 0 Å². The third-order valence-corrected chi connectivity index (χ3v) is 4.87. The van der Waals surface area contributed by atoms with Gasteiger partial charge in [0.05, 0.1) is 12.8 Å². The molecule has 1 saturated heterocycles. The van der Waals surface area contributed by atoms with Gasteiger partial charge < -0.3 is 20.3 Å². The fraction of sp³-hybridized carbons (Fsp3) is 0.227. The number of amides is 2. The highest BCUT2D eigenvalue weighted by Crippen LogP contribution is 2.22. The Labute approximate surface area is 169 Å². The van der Waals surface area contributed by atoms with Gasteiger partial charge in [0.25, 0.3) is 0 Å². The van der Waals surface area contributed by atoms with Gasteiger partial charge in [-0.3, -0.25) is 0 Å². The van der Waals surface area contributed by atoms with Crippen molar-refractivity contribution in [3.05, 3.63) is 60.7 Å². The molecule has 7 nitrogen and oxygen atoms in total. The molecule has 3 aromatic rings. The summed E-state index contributed by atoms with van der Waals surface area (Å²) in [7, 11) is 1.60. The predicted molar refractivity (Wildman–Crippen MR) is 115 cm³/mol. The molecule has 0 atom stereocenters. The standard InChI is InChI=1S/C22H23N5O2/c1-29-19-10-8-18(9-11-19)24-22(28)23-17-6-4-16(5-7-17)20-12-13-21(26-25-20)27-14-2-3-15-27/h4-13H,2-3,14-15H2,1H3,(H2,23,24,28). The topological polar surface area (TPSA) is 79.4 Å². The first kappa shape index (κ1) is 18.7. The molecule has 0 aliphatic carbocycles. The molecule has 0 bridgehead atoms. The molecule has 2 heterocycles. The number of urea groups is 1. The fourth-order valence-corrected chi connectivity index (χ4v) is 3.29. The van der Waals surface area contributed by atoms with Crippen molar-refractivity contribution in [1.29, 1.82) is 0 Å². The van der Waals surface area contributed by atoms with Gasteiger partial charge in [-0.2, -0.15) is 0 Å². The Morgan fingerprint density at radius 2 is 1.48 bits per heavy atom. The molecule has 1 aliphatic rings. The maximum atomic E-state index is 12.2. The van der Waals surface area contributed by atoms with E-state index in [2.05, 4.69) is 25.7 Å². The SMILES string of the molecule is COc1ccc(NC(=O)Nc2ccc(-c3ccc(N4CCCC4)nn3)cc2)cc1. The van der Waals surface area contributed by atoms with E-state index >= 15 is 0 Å². The molecule has 2 amide bonds. The molecule has 29 heavy (non-hydrogen) atoms. The number of nitrogens with zero attached hydrogens (tertiary/aromatic N) is 3. The summed E-state index contributed by atoms with van der Waals surface area (Å²) in [5.74, 6) is 1.67. The minimum Gasteiger partial charge on any atom is -0.497 e. The van der Waals surface area contributed by atoms with Crippen LogP contribution in [0.25, 0.3) is 11.3 Å². The van der Waals surface area contributed by atoms with E-state index in [1.54, 1.807) is 31.4 Å². The van der Waals surface area contributed by atoms with Crippen LogP contribution < -0.4 is 20.3 Å². The number of carbonyl (C=O) groups is 1. The lowest BCUT2D eigenvalue weighted by Gasteiger charge is -2.15. The normalized spacial score (nSPS) is 13.2. The molecule has 2 aromatic carbocycles.